The summed E-state index contributed by atoms with van der Waals surface area (Å²) in [7, 11) is 0. The number of rotatable bonds is 15. The molecule has 8 nitrogen and oxygen atoms in total. The Hall–Kier alpha value is -1.99. The molecule has 0 radical (unpaired) electrons. The van der Waals surface area contributed by atoms with E-state index >= 15 is 0 Å². The Balaban J connectivity index is 3.67. The molecule has 0 saturated heterocycles. The molecule has 1 N–H and O–H groups in total. The van der Waals surface area contributed by atoms with Gasteiger partial charge in [-0.15, -0.1) is 0 Å². The molecule has 0 aromatic rings. The maximum atomic E-state index is 11.8. The lowest BCUT2D eigenvalue weighted by Crippen LogP contribution is -2.38. The molecule has 0 aliphatic heterocycles. The van der Waals surface area contributed by atoms with Gasteiger partial charge in [0.2, 0.25) is 0 Å². The summed E-state index contributed by atoms with van der Waals surface area (Å²) in [5.41, 5.74) is 0. The van der Waals surface area contributed by atoms with E-state index in [1.165, 1.54) is 6.92 Å². The molecule has 0 aliphatic rings. The van der Waals surface area contributed by atoms with Gasteiger partial charge in [-0.05, 0) is 19.8 Å². The molecule has 158 valence electrons. The first-order valence-electron chi connectivity index (χ1n) is 9.91. The predicted octanol–water partition coefficient (Wildman–Crippen LogP) is 3.96. The van der Waals surface area contributed by atoms with Gasteiger partial charge in [0.1, 0.15) is 6.61 Å². The van der Waals surface area contributed by atoms with Crippen molar-refractivity contribution in [1.29, 1.82) is 0 Å². The molecular weight excluding hydrogens is 354 g/mol. The summed E-state index contributed by atoms with van der Waals surface area (Å²) < 4.78 is 19.5. The van der Waals surface area contributed by atoms with Crippen LogP contribution in [0.1, 0.15) is 72.1 Å². The number of hydrogen-bond acceptors (Lipinski definition) is 7. The van der Waals surface area contributed by atoms with Crippen LogP contribution < -0.4 is 5.32 Å². The van der Waals surface area contributed by atoms with E-state index in [1.54, 1.807) is 0 Å². The molecule has 8 heteroatoms. The van der Waals surface area contributed by atoms with Crippen LogP contribution in [0.2, 0.25) is 0 Å². The van der Waals surface area contributed by atoms with E-state index in [-0.39, 0.29) is 19.8 Å². The minimum Gasteiger partial charge on any atom is -0.434 e. The highest BCUT2D eigenvalue weighted by molar-refractivity contribution is 5.82. The SMILES string of the molecule is CCCCCCOC(=O)OCCNC(=O)C(C)OC(=O)OCCCCCC. The van der Waals surface area contributed by atoms with Crippen molar-refractivity contribution in [3.05, 3.63) is 0 Å². The van der Waals surface area contributed by atoms with Crippen LogP contribution >= 0.6 is 0 Å². The van der Waals surface area contributed by atoms with E-state index in [4.69, 9.17) is 18.9 Å². The highest BCUT2D eigenvalue weighted by atomic mass is 16.7. The first kappa shape index (κ1) is 25.0. The van der Waals surface area contributed by atoms with E-state index in [2.05, 4.69) is 19.2 Å². The zero-order chi connectivity index (χ0) is 20.3. The van der Waals surface area contributed by atoms with Crippen molar-refractivity contribution in [1.82, 2.24) is 5.32 Å². The number of unbranched alkanes of at least 4 members (excludes halogenated alkanes) is 6. The largest absolute Gasteiger partial charge is 0.509 e. The van der Waals surface area contributed by atoms with Crippen LogP contribution in [0.15, 0.2) is 0 Å². The summed E-state index contributed by atoms with van der Waals surface area (Å²) >= 11 is 0. The average Bonchev–Trinajstić information content (AvgIpc) is 2.64. The third-order valence-electron chi connectivity index (χ3n) is 3.70. The van der Waals surface area contributed by atoms with Gasteiger partial charge in [0, 0.05) is 0 Å². The Kier molecular flexibility index (Phi) is 16.1. The lowest BCUT2D eigenvalue weighted by molar-refractivity contribution is -0.130. The highest BCUT2D eigenvalue weighted by Crippen LogP contribution is 2.01. The van der Waals surface area contributed by atoms with Crippen LogP contribution in [0.5, 0.6) is 0 Å². The molecule has 1 amide bonds. The van der Waals surface area contributed by atoms with Crippen LogP contribution in [-0.4, -0.2) is 50.7 Å². The zero-order valence-corrected chi connectivity index (χ0v) is 16.9. The first-order valence-corrected chi connectivity index (χ1v) is 9.91. The second kappa shape index (κ2) is 17.4. The van der Waals surface area contributed by atoms with E-state index in [0.29, 0.717) is 6.61 Å². The summed E-state index contributed by atoms with van der Waals surface area (Å²) in [6.07, 6.45) is 5.39. The van der Waals surface area contributed by atoms with Crippen molar-refractivity contribution in [2.24, 2.45) is 0 Å². The van der Waals surface area contributed by atoms with Crippen molar-refractivity contribution in [2.45, 2.75) is 78.2 Å². The molecule has 1 atom stereocenters. The van der Waals surface area contributed by atoms with Crippen molar-refractivity contribution in [3.63, 3.8) is 0 Å². The Morgan fingerprint density at radius 2 is 1.26 bits per heavy atom. The van der Waals surface area contributed by atoms with Crippen molar-refractivity contribution in [2.75, 3.05) is 26.4 Å². The van der Waals surface area contributed by atoms with Gasteiger partial charge < -0.3 is 24.3 Å². The van der Waals surface area contributed by atoms with Gasteiger partial charge in [0.05, 0.1) is 19.8 Å². The second-order valence-corrected chi connectivity index (χ2v) is 6.22. The quantitative estimate of drug-likeness (QED) is 0.334. The van der Waals surface area contributed by atoms with Crippen LogP contribution in [-0.2, 0) is 23.7 Å². The van der Waals surface area contributed by atoms with Gasteiger partial charge in [-0.3, -0.25) is 4.79 Å². The fourth-order valence-corrected chi connectivity index (χ4v) is 2.09. The third kappa shape index (κ3) is 15.9. The first-order chi connectivity index (χ1) is 13.0. The number of hydrogen-bond donors (Lipinski definition) is 1. The minimum absolute atomic E-state index is 0.0197. The van der Waals surface area contributed by atoms with Gasteiger partial charge in [-0.2, -0.15) is 0 Å². The number of amides is 1. The topological polar surface area (TPSA) is 100 Å². The molecule has 27 heavy (non-hydrogen) atoms. The van der Waals surface area contributed by atoms with Crippen LogP contribution in [0.4, 0.5) is 9.59 Å². The van der Waals surface area contributed by atoms with Crippen molar-refractivity contribution >= 4 is 18.2 Å². The monoisotopic (exact) mass is 389 g/mol. The number of nitrogens with one attached hydrogen (secondary N) is 1. The average molecular weight is 389 g/mol. The summed E-state index contributed by atoms with van der Waals surface area (Å²) in [4.78, 5) is 34.6. The Morgan fingerprint density at radius 1 is 0.741 bits per heavy atom. The molecule has 0 aromatic heterocycles. The maximum Gasteiger partial charge on any atom is 0.509 e. The molecule has 0 spiro atoms. The predicted molar refractivity (Wildman–Crippen MR) is 100 cm³/mol. The van der Waals surface area contributed by atoms with Gasteiger partial charge in [-0.1, -0.05) is 52.4 Å². The van der Waals surface area contributed by atoms with Crippen LogP contribution in [0, 0.1) is 0 Å². The molecule has 0 heterocycles. The molecule has 0 saturated carbocycles. The Labute approximate surface area is 162 Å². The van der Waals surface area contributed by atoms with E-state index in [9.17, 15) is 14.4 Å². The molecule has 0 rings (SSSR count). The maximum absolute atomic E-state index is 11.8. The summed E-state index contributed by atoms with van der Waals surface area (Å²) in [5.74, 6) is -0.491. The molecule has 0 fully saturated rings. The number of ether oxygens (including phenoxy) is 4. The number of carbonyl (C=O) groups excluding carboxylic acids is 3. The molecule has 0 bridgehead atoms. The van der Waals surface area contributed by atoms with Crippen molar-refractivity contribution in [3.8, 4) is 0 Å². The fourth-order valence-electron chi connectivity index (χ4n) is 2.09. The Bertz CT molecular complexity index is 415. The number of carbonyl (C=O) groups is 3. The standard InChI is InChI=1S/C19H35NO7/c1-4-6-8-10-13-24-18(22)26-15-12-20-17(21)16(3)27-19(23)25-14-11-9-7-5-2/h16H,4-15H2,1-3H3,(H,20,21). The zero-order valence-electron chi connectivity index (χ0n) is 16.9. The highest BCUT2D eigenvalue weighted by Gasteiger charge is 2.18. The van der Waals surface area contributed by atoms with Gasteiger partial charge in [0.15, 0.2) is 6.10 Å². The lowest BCUT2D eigenvalue weighted by atomic mass is 10.2. The Morgan fingerprint density at radius 3 is 1.81 bits per heavy atom. The molecular formula is C19H35NO7. The second-order valence-electron chi connectivity index (χ2n) is 6.22. The summed E-state index contributed by atoms with van der Waals surface area (Å²) in [6, 6.07) is 0. The van der Waals surface area contributed by atoms with E-state index < -0.39 is 24.3 Å². The lowest BCUT2D eigenvalue weighted by Gasteiger charge is -2.13. The third-order valence-corrected chi connectivity index (χ3v) is 3.70. The molecule has 0 aromatic carbocycles. The fraction of sp³-hybridized carbons (Fsp3) is 0.842. The van der Waals surface area contributed by atoms with Crippen LogP contribution in [0.3, 0.4) is 0 Å². The smallest absolute Gasteiger partial charge is 0.434 e. The summed E-state index contributed by atoms with van der Waals surface area (Å²) in [5, 5.41) is 2.51. The van der Waals surface area contributed by atoms with Gasteiger partial charge in [-0.25, -0.2) is 9.59 Å². The minimum atomic E-state index is -0.987. The van der Waals surface area contributed by atoms with E-state index in [1.807, 2.05) is 0 Å². The van der Waals surface area contributed by atoms with Crippen LogP contribution in [0.25, 0.3) is 0 Å². The van der Waals surface area contributed by atoms with Gasteiger partial charge in [0.25, 0.3) is 5.91 Å². The molecule has 1 unspecified atom stereocenters. The van der Waals surface area contributed by atoms with E-state index in [0.717, 1.165) is 51.4 Å². The van der Waals surface area contributed by atoms with Gasteiger partial charge >= 0.3 is 12.3 Å². The molecule has 0 aliphatic carbocycles. The van der Waals surface area contributed by atoms with Crippen molar-refractivity contribution < 1.29 is 33.3 Å². The summed E-state index contributed by atoms with van der Waals surface area (Å²) in [6.45, 7) is 6.33. The normalized spacial score (nSPS) is 11.4.